The van der Waals surface area contributed by atoms with E-state index < -0.39 is 0 Å². The van der Waals surface area contributed by atoms with Crippen molar-refractivity contribution >= 4 is 5.82 Å². The summed E-state index contributed by atoms with van der Waals surface area (Å²) in [4.78, 5) is 2.18. The van der Waals surface area contributed by atoms with Gasteiger partial charge in [0.05, 0.1) is 17.9 Å². The molecule has 0 spiro atoms. The zero-order chi connectivity index (χ0) is 11.5. The van der Waals surface area contributed by atoms with E-state index in [9.17, 15) is 0 Å². The number of morpholine rings is 1. The minimum Gasteiger partial charge on any atom is -0.370 e. The van der Waals surface area contributed by atoms with Crippen LogP contribution in [0, 0.1) is 6.92 Å². The molecule has 5 heteroatoms. The average molecular weight is 222 g/mol. The van der Waals surface area contributed by atoms with E-state index >= 15 is 0 Å². The molecule has 5 nitrogen and oxygen atoms in total. The highest BCUT2D eigenvalue weighted by atomic mass is 16.5. The molecule has 0 aliphatic carbocycles. The molecule has 1 aromatic heterocycles. The molecule has 88 valence electrons. The van der Waals surface area contributed by atoms with Gasteiger partial charge in [-0.1, -0.05) is 0 Å². The van der Waals surface area contributed by atoms with Crippen molar-refractivity contribution in [1.29, 1.82) is 0 Å². The first-order valence-electron chi connectivity index (χ1n) is 5.60. The monoisotopic (exact) mass is 222 g/mol. The summed E-state index contributed by atoms with van der Waals surface area (Å²) in [5.74, 6) is 0.902. The summed E-state index contributed by atoms with van der Waals surface area (Å²) in [6.07, 6.45) is 0.275. The van der Waals surface area contributed by atoms with Crippen LogP contribution in [-0.2, 0) is 4.74 Å². The Bertz CT molecular complexity index is 340. The molecule has 2 heterocycles. The normalized spacial score (nSPS) is 25.8. The Morgan fingerprint density at radius 3 is 2.88 bits per heavy atom. The third-order valence-electron chi connectivity index (χ3n) is 2.70. The van der Waals surface area contributed by atoms with Gasteiger partial charge in [0.15, 0.2) is 5.82 Å². The molecule has 1 saturated heterocycles. The summed E-state index contributed by atoms with van der Waals surface area (Å²) in [6, 6.07) is 3.97. The van der Waals surface area contributed by atoms with E-state index in [0.717, 1.165) is 24.6 Å². The molecule has 1 aliphatic rings. The fourth-order valence-electron chi connectivity index (χ4n) is 1.92. The highest BCUT2D eigenvalue weighted by Gasteiger charge is 2.25. The number of hydrogen-bond donors (Lipinski definition) is 1. The van der Waals surface area contributed by atoms with Gasteiger partial charge in [-0.15, -0.1) is 5.10 Å². The van der Waals surface area contributed by atoms with Crippen LogP contribution in [-0.4, -0.2) is 42.0 Å². The molecule has 0 radical (unpaired) electrons. The second-order valence-corrected chi connectivity index (χ2v) is 4.24. The van der Waals surface area contributed by atoms with Crippen LogP contribution >= 0.6 is 0 Å². The van der Waals surface area contributed by atoms with Gasteiger partial charge in [0, 0.05) is 19.6 Å². The number of rotatable bonds is 2. The Morgan fingerprint density at radius 1 is 1.44 bits per heavy atom. The summed E-state index contributed by atoms with van der Waals surface area (Å²) in [5, 5.41) is 8.25. The van der Waals surface area contributed by atoms with E-state index in [1.165, 1.54) is 0 Å². The van der Waals surface area contributed by atoms with E-state index in [2.05, 4.69) is 22.0 Å². The predicted octanol–water partition coefficient (Wildman–Crippen LogP) is 0.337. The lowest BCUT2D eigenvalue weighted by Gasteiger charge is -2.36. The van der Waals surface area contributed by atoms with E-state index in [0.29, 0.717) is 6.54 Å². The van der Waals surface area contributed by atoms with E-state index in [1.54, 1.807) is 0 Å². The molecule has 2 rings (SSSR count). The molecule has 0 aromatic carbocycles. The van der Waals surface area contributed by atoms with Crippen molar-refractivity contribution in [3.63, 3.8) is 0 Å². The molecule has 16 heavy (non-hydrogen) atoms. The Labute approximate surface area is 95.6 Å². The standard InChI is InChI=1S/C11H18N4O/c1-8-3-4-11(14-13-8)15-6-9(2)16-10(5-12)7-15/h3-4,9-10H,5-7,12H2,1-2H3. The molecule has 2 unspecified atom stereocenters. The van der Waals surface area contributed by atoms with Gasteiger partial charge < -0.3 is 15.4 Å². The number of aromatic nitrogens is 2. The van der Waals surface area contributed by atoms with Gasteiger partial charge >= 0.3 is 0 Å². The molecule has 0 saturated carbocycles. The molecule has 2 N–H and O–H groups in total. The third kappa shape index (κ3) is 2.48. The summed E-state index contributed by atoms with van der Waals surface area (Å²) < 4.78 is 5.70. The average Bonchev–Trinajstić information content (AvgIpc) is 2.29. The second-order valence-electron chi connectivity index (χ2n) is 4.24. The molecule has 2 atom stereocenters. The Morgan fingerprint density at radius 2 is 2.25 bits per heavy atom. The van der Waals surface area contributed by atoms with Crippen molar-refractivity contribution in [2.75, 3.05) is 24.5 Å². The van der Waals surface area contributed by atoms with Crippen molar-refractivity contribution in [2.24, 2.45) is 5.73 Å². The molecular formula is C11H18N4O. The highest BCUT2D eigenvalue weighted by molar-refractivity contribution is 5.38. The number of anilines is 1. The number of nitrogens with two attached hydrogens (primary N) is 1. The third-order valence-corrected chi connectivity index (χ3v) is 2.70. The minimum absolute atomic E-state index is 0.0897. The lowest BCUT2D eigenvalue weighted by molar-refractivity contribution is -0.0107. The first kappa shape index (κ1) is 11.3. The topological polar surface area (TPSA) is 64.3 Å². The summed E-state index contributed by atoms with van der Waals surface area (Å²) in [7, 11) is 0. The van der Waals surface area contributed by atoms with Gasteiger partial charge in [0.25, 0.3) is 0 Å². The SMILES string of the molecule is Cc1ccc(N2CC(C)OC(CN)C2)nn1. The van der Waals surface area contributed by atoms with Gasteiger partial charge in [0.2, 0.25) is 0 Å². The van der Waals surface area contributed by atoms with Gasteiger partial charge in [-0.2, -0.15) is 5.10 Å². The maximum absolute atomic E-state index is 5.70. The molecule has 0 bridgehead atoms. The lowest BCUT2D eigenvalue weighted by atomic mass is 10.2. The Hall–Kier alpha value is -1.20. The van der Waals surface area contributed by atoms with Crippen LogP contribution in [0.15, 0.2) is 12.1 Å². The molecule has 1 aliphatic heterocycles. The van der Waals surface area contributed by atoms with Gasteiger partial charge in [0.1, 0.15) is 0 Å². The number of nitrogens with zero attached hydrogens (tertiary/aromatic N) is 3. The molecular weight excluding hydrogens is 204 g/mol. The van der Waals surface area contributed by atoms with Gasteiger partial charge in [-0.25, -0.2) is 0 Å². The largest absolute Gasteiger partial charge is 0.370 e. The van der Waals surface area contributed by atoms with E-state index in [1.807, 2.05) is 19.1 Å². The second kappa shape index (κ2) is 4.76. The molecule has 1 fully saturated rings. The van der Waals surface area contributed by atoms with Gasteiger partial charge in [-0.3, -0.25) is 0 Å². The fourth-order valence-corrected chi connectivity index (χ4v) is 1.92. The van der Waals surface area contributed by atoms with Crippen LogP contribution < -0.4 is 10.6 Å². The first-order valence-corrected chi connectivity index (χ1v) is 5.60. The van der Waals surface area contributed by atoms with Crippen LogP contribution in [0.1, 0.15) is 12.6 Å². The molecule has 0 amide bonds. The zero-order valence-corrected chi connectivity index (χ0v) is 9.76. The van der Waals surface area contributed by atoms with Crippen molar-refractivity contribution < 1.29 is 4.74 Å². The minimum atomic E-state index is 0.0897. The van der Waals surface area contributed by atoms with E-state index in [-0.39, 0.29) is 12.2 Å². The van der Waals surface area contributed by atoms with Crippen LogP contribution in [0.4, 0.5) is 5.82 Å². The lowest BCUT2D eigenvalue weighted by Crippen LogP contribution is -2.49. The first-order chi connectivity index (χ1) is 7.69. The Balaban J connectivity index is 2.11. The van der Waals surface area contributed by atoms with Gasteiger partial charge in [-0.05, 0) is 26.0 Å². The fraction of sp³-hybridized carbons (Fsp3) is 0.636. The van der Waals surface area contributed by atoms with E-state index in [4.69, 9.17) is 10.5 Å². The highest BCUT2D eigenvalue weighted by Crippen LogP contribution is 2.17. The number of aryl methyl sites for hydroxylation is 1. The molecule has 1 aromatic rings. The van der Waals surface area contributed by atoms with Crippen molar-refractivity contribution in [2.45, 2.75) is 26.1 Å². The van der Waals surface area contributed by atoms with Crippen molar-refractivity contribution in [3.8, 4) is 0 Å². The zero-order valence-electron chi connectivity index (χ0n) is 9.76. The van der Waals surface area contributed by atoms with Crippen LogP contribution in [0.5, 0.6) is 0 Å². The van der Waals surface area contributed by atoms with Crippen LogP contribution in [0.25, 0.3) is 0 Å². The maximum atomic E-state index is 5.70. The predicted molar refractivity (Wildman–Crippen MR) is 62.4 cm³/mol. The van der Waals surface area contributed by atoms with Crippen molar-refractivity contribution in [3.05, 3.63) is 17.8 Å². The maximum Gasteiger partial charge on any atom is 0.151 e. The van der Waals surface area contributed by atoms with Crippen LogP contribution in [0.2, 0.25) is 0 Å². The quantitative estimate of drug-likeness (QED) is 0.781. The summed E-state index contributed by atoms with van der Waals surface area (Å²) in [5.41, 5.74) is 6.57. The number of ether oxygens (including phenoxy) is 1. The summed E-state index contributed by atoms with van der Waals surface area (Å²) >= 11 is 0. The summed E-state index contributed by atoms with van der Waals surface area (Å²) in [6.45, 7) is 6.16. The Kier molecular flexibility index (Phi) is 3.36. The number of hydrogen-bond acceptors (Lipinski definition) is 5. The van der Waals surface area contributed by atoms with Crippen molar-refractivity contribution in [1.82, 2.24) is 10.2 Å². The smallest absolute Gasteiger partial charge is 0.151 e. The van der Waals surface area contributed by atoms with Crippen LogP contribution in [0.3, 0.4) is 0 Å².